The molecule has 0 atom stereocenters. The van der Waals surface area contributed by atoms with Crippen LogP contribution in [0.1, 0.15) is 25.3 Å². The SMILES string of the molecule is CCCCc1ccc(-c2ccc([Si](C)(Cl)Cl)cc2)cc1. The van der Waals surface area contributed by atoms with E-state index in [0.29, 0.717) is 0 Å². The molecule has 0 amide bonds. The Bertz CT molecular complexity index is 539. The summed E-state index contributed by atoms with van der Waals surface area (Å²) in [5, 5.41) is 1.06. The van der Waals surface area contributed by atoms with Crippen molar-refractivity contribution in [1.82, 2.24) is 0 Å². The van der Waals surface area contributed by atoms with Crippen LogP contribution in [0.25, 0.3) is 11.1 Å². The van der Waals surface area contributed by atoms with E-state index in [2.05, 4.69) is 43.3 Å². The minimum Gasteiger partial charge on any atom is -0.140 e. The third kappa shape index (κ3) is 4.11. The lowest BCUT2D eigenvalue weighted by atomic mass is 10.0. The van der Waals surface area contributed by atoms with Crippen molar-refractivity contribution >= 4 is 34.0 Å². The van der Waals surface area contributed by atoms with Gasteiger partial charge in [0.25, 0.3) is 6.69 Å². The lowest BCUT2D eigenvalue weighted by molar-refractivity contribution is 0.795. The molecule has 0 aromatic heterocycles. The first kappa shape index (κ1) is 15.6. The summed E-state index contributed by atoms with van der Waals surface area (Å²) >= 11 is 12.5. The minimum absolute atomic E-state index is 1.06. The molecule has 0 saturated heterocycles. The molecule has 0 unspecified atom stereocenters. The fourth-order valence-corrected chi connectivity index (χ4v) is 3.71. The maximum absolute atomic E-state index is 6.23. The van der Waals surface area contributed by atoms with Crippen LogP contribution < -0.4 is 5.19 Å². The van der Waals surface area contributed by atoms with E-state index >= 15 is 0 Å². The zero-order chi connectivity index (χ0) is 14.6. The van der Waals surface area contributed by atoms with E-state index in [1.54, 1.807) is 0 Å². The number of rotatable bonds is 5. The number of benzene rings is 2. The Hall–Kier alpha value is -0.763. The highest BCUT2D eigenvalue weighted by Gasteiger charge is 2.23. The fourth-order valence-electron chi connectivity index (χ4n) is 2.20. The molecule has 0 saturated carbocycles. The van der Waals surface area contributed by atoms with Crippen LogP contribution in [0.15, 0.2) is 48.5 Å². The number of halogens is 2. The quantitative estimate of drug-likeness (QED) is 0.507. The first-order valence-electron chi connectivity index (χ1n) is 7.08. The zero-order valence-corrected chi connectivity index (χ0v) is 14.5. The molecule has 2 aromatic rings. The molecule has 0 radical (unpaired) electrons. The standard InChI is InChI=1S/C17H20Cl2Si/c1-3-4-5-14-6-8-15(9-7-14)16-10-12-17(13-11-16)20(2,18)19/h6-13H,3-5H2,1-2H3. The average Bonchev–Trinajstić information content (AvgIpc) is 2.45. The second kappa shape index (κ2) is 6.80. The van der Waals surface area contributed by atoms with Crippen LogP contribution in [-0.4, -0.2) is 6.69 Å². The summed E-state index contributed by atoms with van der Waals surface area (Å²) in [7, 11) is 0. The molecule has 2 aromatic carbocycles. The van der Waals surface area contributed by atoms with Gasteiger partial charge in [0.15, 0.2) is 0 Å². The highest BCUT2D eigenvalue weighted by atomic mass is 35.7. The van der Waals surface area contributed by atoms with Gasteiger partial charge in [0.2, 0.25) is 0 Å². The number of hydrogen-bond donors (Lipinski definition) is 0. The summed E-state index contributed by atoms with van der Waals surface area (Å²) in [5.74, 6) is 0. The number of aryl methyl sites for hydroxylation is 1. The van der Waals surface area contributed by atoms with E-state index in [-0.39, 0.29) is 0 Å². The van der Waals surface area contributed by atoms with Crippen molar-refractivity contribution < 1.29 is 0 Å². The van der Waals surface area contributed by atoms with E-state index in [1.165, 1.54) is 29.5 Å². The second-order valence-electron chi connectivity index (χ2n) is 5.27. The molecular formula is C17H20Cl2Si. The topological polar surface area (TPSA) is 0 Å². The van der Waals surface area contributed by atoms with Crippen LogP contribution in [0.5, 0.6) is 0 Å². The highest BCUT2D eigenvalue weighted by molar-refractivity contribution is 7.50. The largest absolute Gasteiger partial charge is 0.277 e. The summed E-state index contributed by atoms with van der Waals surface area (Å²) in [4.78, 5) is 0. The van der Waals surface area contributed by atoms with Crippen LogP contribution >= 0.6 is 22.2 Å². The van der Waals surface area contributed by atoms with E-state index in [1.807, 2.05) is 18.7 Å². The van der Waals surface area contributed by atoms with Crippen molar-refractivity contribution in [3.05, 3.63) is 54.1 Å². The molecule has 0 aliphatic rings. The molecule has 0 aliphatic heterocycles. The van der Waals surface area contributed by atoms with E-state index < -0.39 is 6.69 Å². The Morgan fingerprint density at radius 3 is 1.80 bits per heavy atom. The van der Waals surface area contributed by atoms with Gasteiger partial charge in [0, 0.05) is 0 Å². The third-order valence-corrected chi connectivity index (χ3v) is 6.15. The predicted octanol–water partition coefficient (Wildman–Crippen LogP) is 5.45. The van der Waals surface area contributed by atoms with Gasteiger partial charge in [0.05, 0.1) is 0 Å². The van der Waals surface area contributed by atoms with E-state index in [9.17, 15) is 0 Å². The van der Waals surface area contributed by atoms with Gasteiger partial charge in [0.1, 0.15) is 0 Å². The van der Waals surface area contributed by atoms with Crippen molar-refractivity contribution in [3.63, 3.8) is 0 Å². The van der Waals surface area contributed by atoms with Crippen LogP contribution in [-0.2, 0) is 6.42 Å². The molecule has 0 fully saturated rings. The summed E-state index contributed by atoms with van der Waals surface area (Å²) < 4.78 is 0. The van der Waals surface area contributed by atoms with Gasteiger partial charge in [-0.2, -0.15) is 0 Å². The number of hydrogen-bond acceptors (Lipinski definition) is 0. The third-order valence-electron chi connectivity index (χ3n) is 3.50. The molecule has 0 heterocycles. The zero-order valence-electron chi connectivity index (χ0n) is 12.0. The van der Waals surface area contributed by atoms with Crippen LogP contribution in [0.3, 0.4) is 0 Å². The normalized spacial score (nSPS) is 11.6. The molecule has 106 valence electrons. The van der Waals surface area contributed by atoms with E-state index in [4.69, 9.17) is 22.2 Å². The van der Waals surface area contributed by atoms with Gasteiger partial charge in [-0.25, -0.2) is 0 Å². The maximum atomic E-state index is 6.23. The molecule has 3 heteroatoms. The molecule has 0 spiro atoms. The maximum Gasteiger partial charge on any atom is 0.277 e. The Labute approximate surface area is 132 Å². The van der Waals surface area contributed by atoms with Crippen LogP contribution in [0, 0.1) is 0 Å². The van der Waals surface area contributed by atoms with Gasteiger partial charge in [-0.15, -0.1) is 22.2 Å². The van der Waals surface area contributed by atoms with Crippen LogP contribution in [0.4, 0.5) is 0 Å². The fraction of sp³-hybridized carbons (Fsp3) is 0.294. The Kier molecular flexibility index (Phi) is 5.31. The van der Waals surface area contributed by atoms with Crippen molar-refractivity contribution in [2.75, 3.05) is 0 Å². The first-order valence-corrected chi connectivity index (χ1v) is 11.6. The second-order valence-corrected chi connectivity index (χ2v) is 12.7. The smallest absolute Gasteiger partial charge is 0.140 e. The molecule has 2 rings (SSSR count). The average molecular weight is 323 g/mol. The summed E-state index contributed by atoms with van der Waals surface area (Å²) in [5.41, 5.74) is 3.86. The van der Waals surface area contributed by atoms with Crippen molar-refractivity contribution in [3.8, 4) is 11.1 Å². The molecular weight excluding hydrogens is 303 g/mol. The number of unbranched alkanes of at least 4 members (excludes halogenated alkanes) is 1. The van der Waals surface area contributed by atoms with Crippen molar-refractivity contribution in [2.45, 2.75) is 32.7 Å². The molecule has 20 heavy (non-hydrogen) atoms. The van der Waals surface area contributed by atoms with Crippen molar-refractivity contribution in [2.24, 2.45) is 0 Å². The Morgan fingerprint density at radius 1 is 0.850 bits per heavy atom. The Balaban J connectivity index is 2.15. The minimum atomic E-state index is -2.24. The molecule has 0 N–H and O–H groups in total. The van der Waals surface area contributed by atoms with Gasteiger partial charge in [-0.3, -0.25) is 0 Å². The van der Waals surface area contributed by atoms with E-state index in [0.717, 1.165) is 11.6 Å². The predicted molar refractivity (Wildman–Crippen MR) is 93.4 cm³/mol. The van der Waals surface area contributed by atoms with Gasteiger partial charge in [-0.05, 0) is 41.3 Å². The monoisotopic (exact) mass is 322 g/mol. The van der Waals surface area contributed by atoms with Crippen LogP contribution in [0.2, 0.25) is 6.55 Å². The van der Waals surface area contributed by atoms with Gasteiger partial charge >= 0.3 is 0 Å². The Morgan fingerprint density at radius 2 is 1.35 bits per heavy atom. The molecule has 0 bridgehead atoms. The molecule has 0 aliphatic carbocycles. The van der Waals surface area contributed by atoms with Crippen molar-refractivity contribution in [1.29, 1.82) is 0 Å². The lowest BCUT2D eigenvalue weighted by Gasteiger charge is -2.11. The summed E-state index contributed by atoms with van der Waals surface area (Å²) in [6, 6.07) is 17.1. The summed E-state index contributed by atoms with van der Waals surface area (Å²) in [6.45, 7) is 1.91. The lowest BCUT2D eigenvalue weighted by Crippen LogP contribution is -2.32. The summed E-state index contributed by atoms with van der Waals surface area (Å²) in [6.07, 6.45) is 3.66. The van der Waals surface area contributed by atoms with Gasteiger partial charge in [-0.1, -0.05) is 61.9 Å². The van der Waals surface area contributed by atoms with Gasteiger partial charge < -0.3 is 0 Å². The molecule has 0 nitrogen and oxygen atoms in total. The first-order chi connectivity index (χ1) is 9.50. The highest BCUT2D eigenvalue weighted by Crippen LogP contribution is 2.21.